The van der Waals surface area contributed by atoms with Crippen molar-refractivity contribution >= 4 is 16.9 Å². The summed E-state index contributed by atoms with van der Waals surface area (Å²) in [6, 6.07) is 12.1. The maximum absolute atomic E-state index is 12.6. The minimum absolute atomic E-state index is 0.102. The third kappa shape index (κ3) is 4.67. The molecular weight excluding hydrogens is 348 g/mol. The Bertz CT molecular complexity index is 1000. The standard InChI is InChI=1S/C21H20O6/c1-3-9-24-20(22)13-25-15-7-8-17-18(11-15)26-12-19(21(17)23)27-16-6-4-5-14(2)10-16/h4-8,10-12H,3,9,13H2,1-2H3. The zero-order valence-corrected chi connectivity index (χ0v) is 15.2. The highest BCUT2D eigenvalue weighted by molar-refractivity contribution is 5.79. The van der Waals surface area contributed by atoms with Gasteiger partial charge in [-0.25, -0.2) is 4.79 Å². The Morgan fingerprint density at radius 3 is 2.74 bits per heavy atom. The van der Waals surface area contributed by atoms with Crippen molar-refractivity contribution < 1.29 is 23.4 Å². The molecule has 0 aliphatic carbocycles. The number of carbonyl (C=O) groups excluding carboxylic acids is 1. The van der Waals surface area contributed by atoms with E-state index in [9.17, 15) is 9.59 Å². The Morgan fingerprint density at radius 1 is 1.11 bits per heavy atom. The van der Waals surface area contributed by atoms with Gasteiger partial charge in [0.2, 0.25) is 11.2 Å². The molecule has 0 saturated heterocycles. The lowest BCUT2D eigenvalue weighted by molar-refractivity contribution is -0.146. The third-order valence-corrected chi connectivity index (χ3v) is 3.76. The number of carbonyl (C=O) groups is 1. The molecule has 6 heteroatoms. The Kier molecular flexibility index (Phi) is 5.76. The van der Waals surface area contributed by atoms with E-state index in [-0.39, 0.29) is 17.8 Å². The van der Waals surface area contributed by atoms with Gasteiger partial charge in [-0.15, -0.1) is 0 Å². The lowest BCUT2D eigenvalue weighted by Crippen LogP contribution is -2.15. The van der Waals surface area contributed by atoms with Gasteiger partial charge in [-0.3, -0.25) is 4.79 Å². The van der Waals surface area contributed by atoms with E-state index in [0.717, 1.165) is 12.0 Å². The van der Waals surface area contributed by atoms with Crippen LogP contribution in [-0.2, 0) is 9.53 Å². The van der Waals surface area contributed by atoms with Gasteiger partial charge in [0.25, 0.3) is 0 Å². The van der Waals surface area contributed by atoms with E-state index in [1.807, 2.05) is 32.0 Å². The average molecular weight is 368 g/mol. The molecule has 0 radical (unpaired) electrons. The van der Waals surface area contributed by atoms with E-state index >= 15 is 0 Å². The molecule has 0 aliphatic heterocycles. The number of hydrogen-bond acceptors (Lipinski definition) is 6. The molecule has 0 N–H and O–H groups in total. The largest absolute Gasteiger partial charge is 0.482 e. The zero-order chi connectivity index (χ0) is 19.2. The van der Waals surface area contributed by atoms with Crippen molar-refractivity contribution in [1.82, 2.24) is 0 Å². The molecule has 1 aromatic heterocycles. The molecule has 0 amide bonds. The zero-order valence-electron chi connectivity index (χ0n) is 15.2. The van der Waals surface area contributed by atoms with Crippen molar-refractivity contribution in [2.45, 2.75) is 20.3 Å². The Hall–Kier alpha value is -3.28. The molecule has 2 aromatic carbocycles. The molecule has 0 atom stereocenters. The third-order valence-electron chi connectivity index (χ3n) is 3.76. The van der Waals surface area contributed by atoms with Crippen LogP contribution in [0.25, 0.3) is 11.0 Å². The molecule has 0 fully saturated rings. The maximum atomic E-state index is 12.6. The van der Waals surface area contributed by atoms with Crippen LogP contribution in [0.3, 0.4) is 0 Å². The molecule has 0 spiro atoms. The summed E-state index contributed by atoms with van der Waals surface area (Å²) in [4.78, 5) is 24.1. The van der Waals surface area contributed by atoms with Crippen LogP contribution in [0.2, 0.25) is 0 Å². The van der Waals surface area contributed by atoms with Gasteiger partial charge in [-0.05, 0) is 43.2 Å². The van der Waals surface area contributed by atoms with E-state index in [1.165, 1.54) is 6.26 Å². The molecule has 3 rings (SSSR count). The molecule has 1 heterocycles. The van der Waals surface area contributed by atoms with E-state index in [2.05, 4.69) is 0 Å². The van der Waals surface area contributed by atoms with Crippen molar-refractivity contribution in [2.75, 3.05) is 13.2 Å². The lowest BCUT2D eigenvalue weighted by atomic mass is 10.2. The fourth-order valence-corrected chi connectivity index (χ4v) is 2.46. The normalized spacial score (nSPS) is 10.6. The molecule has 27 heavy (non-hydrogen) atoms. The minimum atomic E-state index is -0.444. The van der Waals surface area contributed by atoms with Gasteiger partial charge in [0.05, 0.1) is 12.0 Å². The Balaban J connectivity index is 1.77. The highest BCUT2D eigenvalue weighted by atomic mass is 16.6. The van der Waals surface area contributed by atoms with Crippen molar-refractivity contribution in [2.24, 2.45) is 0 Å². The second kappa shape index (κ2) is 8.40. The smallest absolute Gasteiger partial charge is 0.344 e. The number of esters is 1. The predicted octanol–water partition coefficient (Wildman–Crippen LogP) is 4.23. The Labute approximate surface area is 156 Å². The van der Waals surface area contributed by atoms with Crippen LogP contribution in [0, 0.1) is 6.92 Å². The maximum Gasteiger partial charge on any atom is 0.344 e. The molecule has 0 bridgehead atoms. The van der Waals surface area contributed by atoms with Gasteiger partial charge in [0.15, 0.2) is 6.61 Å². The quantitative estimate of drug-likeness (QED) is 0.581. The molecule has 3 aromatic rings. The first kappa shape index (κ1) is 18.5. The van der Waals surface area contributed by atoms with E-state index in [0.29, 0.717) is 29.1 Å². The van der Waals surface area contributed by atoms with Gasteiger partial charge in [0.1, 0.15) is 23.3 Å². The number of fused-ring (bicyclic) bond motifs is 1. The highest BCUT2D eigenvalue weighted by Crippen LogP contribution is 2.24. The van der Waals surface area contributed by atoms with Gasteiger partial charge in [-0.2, -0.15) is 0 Å². The van der Waals surface area contributed by atoms with E-state index in [1.54, 1.807) is 24.3 Å². The fourth-order valence-electron chi connectivity index (χ4n) is 2.46. The first-order chi connectivity index (χ1) is 13.1. The van der Waals surface area contributed by atoms with Crippen LogP contribution >= 0.6 is 0 Å². The van der Waals surface area contributed by atoms with Gasteiger partial charge < -0.3 is 18.6 Å². The summed E-state index contributed by atoms with van der Waals surface area (Å²) in [6.07, 6.45) is 2.02. The van der Waals surface area contributed by atoms with Crippen LogP contribution in [-0.4, -0.2) is 19.2 Å². The molecule has 140 valence electrons. The summed E-state index contributed by atoms with van der Waals surface area (Å²) in [5.41, 5.74) is 1.08. The number of benzene rings is 2. The molecular formula is C21H20O6. The second-order valence-corrected chi connectivity index (χ2v) is 6.01. The average Bonchev–Trinajstić information content (AvgIpc) is 2.67. The molecule has 0 saturated carbocycles. The highest BCUT2D eigenvalue weighted by Gasteiger charge is 2.11. The Morgan fingerprint density at radius 2 is 1.96 bits per heavy atom. The van der Waals surface area contributed by atoms with Crippen molar-refractivity contribution in [1.29, 1.82) is 0 Å². The van der Waals surface area contributed by atoms with Crippen molar-refractivity contribution in [3.05, 3.63) is 64.5 Å². The van der Waals surface area contributed by atoms with Crippen molar-refractivity contribution in [3.63, 3.8) is 0 Å². The molecule has 0 aliphatic rings. The molecule has 0 unspecified atom stereocenters. The SMILES string of the molecule is CCCOC(=O)COc1ccc2c(=O)c(Oc3cccc(C)c3)coc2c1. The molecule has 6 nitrogen and oxygen atoms in total. The van der Waals surface area contributed by atoms with Crippen LogP contribution in [0.5, 0.6) is 17.2 Å². The van der Waals surface area contributed by atoms with Crippen LogP contribution in [0.15, 0.2) is 57.9 Å². The number of aryl methyl sites for hydroxylation is 1. The summed E-state index contributed by atoms with van der Waals surface area (Å²) in [5, 5.41) is 0.362. The van der Waals surface area contributed by atoms with E-state index in [4.69, 9.17) is 18.6 Å². The number of hydrogen-bond donors (Lipinski definition) is 0. The topological polar surface area (TPSA) is 75.0 Å². The number of rotatable bonds is 7. The first-order valence-electron chi connectivity index (χ1n) is 8.65. The van der Waals surface area contributed by atoms with E-state index < -0.39 is 5.97 Å². The number of ether oxygens (including phenoxy) is 3. The summed E-state index contributed by atoms with van der Waals surface area (Å²) in [5.74, 6) is 0.629. The summed E-state index contributed by atoms with van der Waals surface area (Å²) in [6.45, 7) is 4.01. The van der Waals surface area contributed by atoms with Crippen LogP contribution in [0.4, 0.5) is 0 Å². The minimum Gasteiger partial charge on any atom is -0.482 e. The summed E-state index contributed by atoms with van der Waals surface area (Å²) in [7, 11) is 0. The lowest BCUT2D eigenvalue weighted by Gasteiger charge is -2.08. The van der Waals surface area contributed by atoms with Gasteiger partial charge >= 0.3 is 5.97 Å². The van der Waals surface area contributed by atoms with Crippen LogP contribution in [0.1, 0.15) is 18.9 Å². The predicted molar refractivity (Wildman–Crippen MR) is 100 cm³/mol. The van der Waals surface area contributed by atoms with Gasteiger partial charge in [0, 0.05) is 6.07 Å². The second-order valence-electron chi connectivity index (χ2n) is 6.01. The fraction of sp³-hybridized carbons (Fsp3) is 0.238. The van der Waals surface area contributed by atoms with Crippen LogP contribution < -0.4 is 14.9 Å². The van der Waals surface area contributed by atoms with Gasteiger partial charge in [-0.1, -0.05) is 19.1 Å². The monoisotopic (exact) mass is 368 g/mol. The van der Waals surface area contributed by atoms with Crippen molar-refractivity contribution in [3.8, 4) is 17.2 Å². The first-order valence-corrected chi connectivity index (χ1v) is 8.65. The summed E-state index contributed by atoms with van der Waals surface area (Å²) < 4.78 is 21.5. The summed E-state index contributed by atoms with van der Waals surface area (Å²) >= 11 is 0.